The molecule has 19 heavy (non-hydrogen) atoms. The molecule has 0 atom stereocenters. The van der Waals surface area contributed by atoms with Gasteiger partial charge in [0.1, 0.15) is 5.69 Å². The number of hydrogen-bond donors (Lipinski definition) is 2. The minimum Gasteiger partial charge on any atom is -0.399 e. The number of nitrogen functional groups attached to an aromatic ring is 1. The van der Waals surface area contributed by atoms with Gasteiger partial charge in [-0.15, -0.1) is 0 Å². The number of aryl methyl sites for hydroxylation is 2. The summed E-state index contributed by atoms with van der Waals surface area (Å²) in [4.78, 5) is 0.0143. The van der Waals surface area contributed by atoms with E-state index in [1.165, 1.54) is 19.1 Å². The number of anilines is 2. The van der Waals surface area contributed by atoms with E-state index in [0.717, 1.165) is 0 Å². The first-order valence-corrected chi connectivity index (χ1v) is 7.18. The molecule has 0 fully saturated rings. The van der Waals surface area contributed by atoms with Crippen LogP contribution in [0.4, 0.5) is 11.4 Å². The first-order valence-electron chi connectivity index (χ1n) is 5.32. The van der Waals surface area contributed by atoms with Crippen LogP contribution in [0.2, 0.25) is 5.02 Å². The Morgan fingerprint density at radius 3 is 2.58 bits per heavy atom. The molecule has 1 aromatic heterocycles. The number of rotatable bonds is 3. The largest absolute Gasteiger partial charge is 0.399 e. The number of halogens is 1. The average Bonchev–Trinajstić information content (AvgIpc) is 2.63. The Morgan fingerprint density at radius 1 is 1.37 bits per heavy atom. The summed E-state index contributed by atoms with van der Waals surface area (Å²) in [6.45, 7) is 3.08. The quantitative estimate of drug-likeness (QED) is 0.848. The SMILES string of the molecule is Cc1noc(C)c1S(=O)(=O)Nc1ccc(N)cc1Cl. The van der Waals surface area contributed by atoms with Crippen LogP contribution < -0.4 is 10.5 Å². The van der Waals surface area contributed by atoms with Gasteiger partial charge in [0.15, 0.2) is 10.7 Å². The van der Waals surface area contributed by atoms with Crippen molar-refractivity contribution in [1.29, 1.82) is 0 Å². The minimum atomic E-state index is -3.80. The Balaban J connectivity index is 2.42. The summed E-state index contributed by atoms with van der Waals surface area (Å²) in [7, 11) is -3.80. The van der Waals surface area contributed by atoms with E-state index in [-0.39, 0.29) is 27.1 Å². The molecule has 0 amide bonds. The van der Waals surface area contributed by atoms with Crippen LogP contribution in [0, 0.1) is 13.8 Å². The summed E-state index contributed by atoms with van der Waals surface area (Å²) in [6.07, 6.45) is 0. The summed E-state index contributed by atoms with van der Waals surface area (Å²) in [5, 5.41) is 3.83. The van der Waals surface area contributed by atoms with E-state index in [1.807, 2.05) is 0 Å². The summed E-state index contributed by atoms with van der Waals surface area (Å²) in [5.41, 5.74) is 6.53. The maximum absolute atomic E-state index is 12.2. The third-order valence-electron chi connectivity index (χ3n) is 2.47. The molecule has 0 spiro atoms. The van der Waals surface area contributed by atoms with Gasteiger partial charge >= 0.3 is 0 Å². The van der Waals surface area contributed by atoms with E-state index in [1.54, 1.807) is 13.0 Å². The molecule has 0 aliphatic carbocycles. The monoisotopic (exact) mass is 301 g/mol. The van der Waals surface area contributed by atoms with Crippen molar-refractivity contribution in [3.05, 3.63) is 34.7 Å². The Kier molecular flexibility index (Phi) is 3.42. The van der Waals surface area contributed by atoms with Gasteiger partial charge in [0.05, 0.1) is 10.7 Å². The lowest BCUT2D eigenvalue weighted by Gasteiger charge is -2.09. The Hall–Kier alpha value is -1.73. The Morgan fingerprint density at radius 2 is 2.05 bits per heavy atom. The molecule has 8 heteroatoms. The van der Waals surface area contributed by atoms with Crippen LogP contribution in [0.3, 0.4) is 0 Å². The van der Waals surface area contributed by atoms with Crippen LogP contribution in [-0.2, 0) is 10.0 Å². The number of nitrogens with zero attached hydrogens (tertiary/aromatic N) is 1. The number of hydrogen-bond acceptors (Lipinski definition) is 5. The maximum atomic E-state index is 12.2. The average molecular weight is 302 g/mol. The van der Waals surface area contributed by atoms with Gasteiger partial charge in [-0.3, -0.25) is 4.72 Å². The number of nitrogens with two attached hydrogens (primary N) is 1. The predicted molar refractivity (Wildman–Crippen MR) is 72.6 cm³/mol. The molecule has 0 radical (unpaired) electrons. The molecule has 1 aromatic carbocycles. The lowest BCUT2D eigenvalue weighted by Crippen LogP contribution is -2.14. The summed E-state index contributed by atoms with van der Waals surface area (Å²) < 4.78 is 31.7. The smallest absolute Gasteiger partial charge is 0.267 e. The first kappa shape index (κ1) is 13.7. The lowest BCUT2D eigenvalue weighted by atomic mass is 10.3. The van der Waals surface area contributed by atoms with Gasteiger partial charge in [-0.05, 0) is 32.0 Å². The van der Waals surface area contributed by atoms with E-state index in [4.69, 9.17) is 21.9 Å². The van der Waals surface area contributed by atoms with Crippen LogP contribution in [0.25, 0.3) is 0 Å². The molecule has 2 aromatic rings. The van der Waals surface area contributed by atoms with Crippen molar-refractivity contribution in [1.82, 2.24) is 5.16 Å². The Labute approximate surface area is 115 Å². The summed E-state index contributed by atoms with van der Waals surface area (Å²) in [5.74, 6) is 0.219. The molecule has 0 saturated carbocycles. The zero-order valence-electron chi connectivity index (χ0n) is 10.3. The summed E-state index contributed by atoms with van der Waals surface area (Å²) in [6, 6.07) is 4.51. The van der Waals surface area contributed by atoms with Crippen molar-refractivity contribution in [3.8, 4) is 0 Å². The maximum Gasteiger partial charge on any atom is 0.267 e. The lowest BCUT2D eigenvalue weighted by molar-refractivity contribution is 0.390. The summed E-state index contributed by atoms with van der Waals surface area (Å²) >= 11 is 5.93. The van der Waals surface area contributed by atoms with E-state index in [2.05, 4.69) is 9.88 Å². The van der Waals surface area contributed by atoms with Gasteiger partial charge in [0, 0.05) is 5.69 Å². The van der Waals surface area contributed by atoms with Crippen LogP contribution in [-0.4, -0.2) is 13.6 Å². The molecular weight excluding hydrogens is 290 g/mol. The van der Waals surface area contributed by atoms with Crippen LogP contribution in [0.1, 0.15) is 11.5 Å². The fraction of sp³-hybridized carbons (Fsp3) is 0.182. The molecule has 0 aliphatic heterocycles. The highest BCUT2D eigenvalue weighted by Crippen LogP contribution is 2.28. The fourth-order valence-electron chi connectivity index (χ4n) is 1.67. The van der Waals surface area contributed by atoms with Gasteiger partial charge in [0.2, 0.25) is 0 Å². The first-order chi connectivity index (χ1) is 8.81. The van der Waals surface area contributed by atoms with E-state index in [0.29, 0.717) is 5.69 Å². The number of sulfonamides is 1. The molecular formula is C11H12ClN3O3S. The van der Waals surface area contributed by atoms with Gasteiger partial charge in [0.25, 0.3) is 10.0 Å². The van der Waals surface area contributed by atoms with Crippen LogP contribution in [0.5, 0.6) is 0 Å². The zero-order chi connectivity index (χ0) is 14.2. The third-order valence-corrected chi connectivity index (χ3v) is 4.40. The molecule has 3 N–H and O–H groups in total. The highest BCUT2D eigenvalue weighted by atomic mass is 35.5. The van der Waals surface area contributed by atoms with Gasteiger partial charge in [-0.25, -0.2) is 8.42 Å². The third kappa shape index (κ3) is 2.66. The second-order valence-corrected chi connectivity index (χ2v) is 6.02. The molecule has 0 saturated heterocycles. The zero-order valence-corrected chi connectivity index (χ0v) is 11.8. The standard InChI is InChI=1S/C11H12ClN3O3S/c1-6-11(7(2)18-14-6)19(16,17)15-10-4-3-8(13)5-9(10)12/h3-5,15H,13H2,1-2H3. The molecule has 0 aliphatic rings. The van der Waals surface area contributed by atoms with Gasteiger partial charge in [-0.2, -0.15) is 0 Å². The predicted octanol–water partition coefficient (Wildman–Crippen LogP) is 2.33. The van der Waals surface area contributed by atoms with E-state index >= 15 is 0 Å². The van der Waals surface area contributed by atoms with Crippen molar-refractivity contribution in [2.75, 3.05) is 10.5 Å². The highest BCUT2D eigenvalue weighted by molar-refractivity contribution is 7.92. The minimum absolute atomic E-state index is 0.0143. The van der Waals surface area contributed by atoms with Crippen molar-refractivity contribution in [3.63, 3.8) is 0 Å². The van der Waals surface area contributed by atoms with Crippen LogP contribution in [0.15, 0.2) is 27.6 Å². The second-order valence-electron chi connectivity index (χ2n) is 4.00. The molecule has 2 rings (SSSR count). The second kappa shape index (κ2) is 4.75. The number of aromatic nitrogens is 1. The molecule has 0 bridgehead atoms. The van der Waals surface area contributed by atoms with Crippen molar-refractivity contribution in [2.24, 2.45) is 0 Å². The highest BCUT2D eigenvalue weighted by Gasteiger charge is 2.24. The number of benzene rings is 1. The van der Waals surface area contributed by atoms with E-state index in [9.17, 15) is 8.42 Å². The normalized spacial score (nSPS) is 11.5. The molecule has 1 heterocycles. The molecule has 102 valence electrons. The van der Waals surface area contributed by atoms with Crippen molar-refractivity contribution in [2.45, 2.75) is 18.7 Å². The fourth-order valence-corrected chi connectivity index (χ4v) is 3.37. The molecule has 6 nitrogen and oxygen atoms in total. The van der Waals surface area contributed by atoms with Gasteiger partial charge in [-0.1, -0.05) is 16.8 Å². The van der Waals surface area contributed by atoms with E-state index < -0.39 is 10.0 Å². The number of nitrogens with one attached hydrogen (secondary N) is 1. The topological polar surface area (TPSA) is 98.2 Å². The Bertz CT molecular complexity index is 705. The van der Waals surface area contributed by atoms with Crippen molar-refractivity contribution >= 4 is 33.0 Å². The molecule has 0 unspecified atom stereocenters. The van der Waals surface area contributed by atoms with Crippen molar-refractivity contribution < 1.29 is 12.9 Å². The van der Waals surface area contributed by atoms with Crippen LogP contribution >= 0.6 is 11.6 Å². The van der Waals surface area contributed by atoms with Gasteiger partial charge < -0.3 is 10.3 Å².